The van der Waals surface area contributed by atoms with Crippen molar-refractivity contribution in [2.24, 2.45) is 5.73 Å². The summed E-state index contributed by atoms with van der Waals surface area (Å²) in [6.45, 7) is 0.752. The molecule has 0 radical (unpaired) electrons. The standard InChI is InChI=1S/C15H19N3/c16-10-9-12-5-4-8-14-15(12)17-11-18(14)13-6-2-1-3-7-13/h1-3,6-7,11-12H,4-5,8-10,16H2. The number of benzene rings is 1. The minimum atomic E-state index is 0.559. The smallest absolute Gasteiger partial charge is 0.0997 e. The maximum atomic E-state index is 5.70. The quantitative estimate of drug-likeness (QED) is 0.897. The number of rotatable bonds is 3. The van der Waals surface area contributed by atoms with Gasteiger partial charge < -0.3 is 10.3 Å². The summed E-state index contributed by atoms with van der Waals surface area (Å²) in [5.41, 5.74) is 9.56. The molecule has 2 aromatic rings. The van der Waals surface area contributed by atoms with Crippen LogP contribution in [0, 0.1) is 0 Å². The van der Waals surface area contributed by atoms with Gasteiger partial charge in [0.2, 0.25) is 0 Å². The van der Waals surface area contributed by atoms with E-state index in [1.54, 1.807) is 0 Å². The number of aromatic nitrogens is 2. The molecule has 3 nitrogen and oxygen atoms in total. The van der Waals surface area contributed by atoms with Crippen molar-refractivity contribution in [1.82, 2.24) is 9.55 Å². The van der Waals surface area contributed by atoms with Gasteiger partial charge >= 0.3 is 0 Å². The third kappa shape index (κ3) is 1.95. The minimum Gasteiger partial charge on any atom is -0.330 e. The second-order valence-corrected chi connectivity index (χ2v) is 4.95. The molecular weight excluding hydrogens is 222 g/mol. The number of imidazole rings is 1. The SMILES string of the molecule is NCCC1CCCc2c1ncn2-c1ccccc1. The van der Waals surface area contributed by atoms with Crippen molar-refractivity contribution in [3.63, 3.8) is 0 Å². The number of fused-ring (bicyclic) bond motifs is 1. The zero-order valence-electron chi connectivity index (χ0n) is 10.5. The molecule has 3 rings (SSSR count). The van der Waals surface area contributed by atoms with Gasteiger partial charge in [-0.05, 0) is 44.4 Å². The predicted molar refractivity (Wildman–Crippen MR) is 72.9 cm³/mol. The van der Waals surface area contributed by atoms with E-state index in [1.165, 1.54) is 29.9 Å². The first kappa shape index (κ1) is 11.5. The Kier molecular flexibility index (Phi) is 3.15. The van der Waals surface area contributed by atoms with Crippen LogP contribution in [0.4, 0.5) is 0 Å². The van der Waals surface area contributed by atoms with Crippen LogP contribution in [0.3, 0.4) is 0 Å². The van der Waals surface area contributed by atoms with Crippen LogP contribution in [0.15, 0.2) is 36.7 Å². The number of nitrogens with zero attached hydrogens (tertiary/aromatic N) is 2. The Morgan fingerprint density at radius 3 is 2.89 bits per heavy atom. The van der Waals surface area contributed by atoms with Crippen LogP contribution in [0.5, 0.6) is 0 Å². The van der Waals surface area contributed by atoms with E-state index in [0.717, 1.165) is 19.4 Å². The van der Waals surface area contributed by atoms with Crippen LogP contribution in [0.2, 0.25) is 0 Å². The summed E-state index contributed by atoms with van der Waals surface area (Å²) in [7, 11) is 0. The summed E-state index contributed by atoms with van der Waals surface area (Å²) in [5.74, 6) is 0.559. The lowest BCUT2D eigenvalue weighted by atomic mass is 9.87. The average Bonchev–Trinajstić information content (AvgIpc) is 2.85. The Morgan fingerprint density at radius 2 is 2.11 bits per heavy atom. The first-order valence-electron chi connectivity index (χ1n) is 6.71. The van der Waals surface area contributed by atoms with E-state index in [1.807, 2.05) is 12.4 Å². The van der Waals surface area contributed by atoms with Crippen molar-refractivity contribution >= 4 is 0 Å². The highest BCUT2D eigenvalue weighted by molar-refractivity contribution is 5.36. The van der Waals surface area contributed by atoms with Gasteiger partial charge in [0.1, 0.15) is 0 Å². The molecule has 1 aromatic carbocycles. The lowest BCUT2D eigenvalue weighted by Crippen LogP contribution is -2.15. The zero-order chi connectivity index (χ0) is 12.4. The normalized spacial score (nSPS) is 18.6. The molecule has 0 bridgehead atoms. The first-order chi connectivity index (χ1) is 8.90. The molecule has 1 atom stereocenters. The Hall–Kier alpha value is -1.61. The summed E-state index contributed by atoms with van der Waals surface area (Å²) >= 11 is 0. The molecule has 0 amide bonds. The number of para-hydroxylation sites is 1. The predicted octanol–water partition coefficient (Wildman–Crippen LogP) is 2.64. The van der Waals surface area contributed by atoms with E-state index < -0.39 is 0 Å². The lowest BCUT2D eigenvalue weighted by Gasteiger charge is -2.22. The van der Waals surface area contributed by atoms with Gasteiger partial charge in [0.25, 0.3) is 0 Å². The van der Waals surface area contributed by atoms with E-state index in [9.17, 15) is 0 Å². The monoisotopic (exact) mass is 241 g/mol. The van der Waals surface area contributed by atoms with Crippen molar-refractivity contribution in [3.8, 4) is 5.69 Å². The van der Waals surface area contributed by atoms with E-state index in [4.69, 9.17) is 5.73 Å². The van der Waals surface area contributed by atoms with Crippen molar-refractivity contribution in [2.45, 2.75) is 31.6 Å². The Labute approximate surface area is 108 Å². The van der Waals surface area contributed by atoms with Crippen molar-refractivity contribution in [2.75, 3.05) is 6.54 Å². The molecule has 0 saturated heterocycles. The van der Waals surface area contributed by atoms with E-state index >= 15 is 0 Å². The van der Waals surface area contributed by atoms with Crippen molar-refractivity contribution < 1.29 is 0 Å². The van der Waals surface area contributed by atoms with Gasteiger partial charge in [-0.1, -0.05) is 18.2 Å². The molecule has 94 valence electrons. The largest absolute Gasteiger partial charge is 0.330 e. The molecule has 1 aliphatic rings. The molecule has 1 heterocycles. The van der Waals surface area contributed by atoms with Gasteiger partial charge in [-0.2, -0.15) is 0 Å². The van der Waals surface area contributed by atoms with Crippen LogP contribution in [0.25, 0.3) is 5.69 Å². The fourth-order valence-corrected chi connectivity index (χ4v) is 2.92. The van der Waals surface area contributed by atoms with Crippen LogP contribution < -0.4 is 5.73 Å². The molecule has 18 heavy (non-hydrogen) atoms. The molecular formula is C15H19N3. The van der Waals surface area contributed by atoms with Gasteiger partial charge in [-0.15, -0.1) is 0 Å². The minimum absolute atomic E-state index is 0.559. The Morgan fingerprint density at radius 1 is 1.28 bits per heavy atom. The van der Waals surface area contributed by atoms with Gasteiger partial charge in [0.05, 0.1) is 12.0 Å². The van der Waals surface area contributed by atoms with E-state index in [-0.39, 0.29) is 0 Å². The maximum absolute atomic E-state index is 5.70. The van der Waals surface area contributed by atoms with Gasteiger partial charge in [-0.25, -0.2) is 4.98 Å². The Balaban J connectivity index is 2.00. The van der Waals surface area contributed by atoms with Crippen LogP contribution in [-0.2, 0) is 6.42 Å². The number of nitrogens with two attached hydrogens (primary N) is 1. The van der Waals surface area contributed by atoms with Gasteiger partial charge in [0, 0.05) is 17.3 Å². The highest BCUT2D eigenvalue weighted by Crippen LogP contribution is 2.33. The summed E-state index contributed by atoms with van der Waals surface area (Å²) in [5, 5.41) is 0. The topological polar surface area (TPSA) is 43.8 Å². The molecule has 2 N–H and O–H groups in total. The maximum Gasteiger partial charge on any atom is 0.0997 e. The molecule has 0 saturated carbocycles. The van der Waals surface area contributed by atoms with E-state index in [2.05, 4.69) is 33.8 Å². The van der Waals surface area contributed by atoms with Crippen LogP contribution >= 0.6 is 0 Å². The summed E-state index contributed by atoms with van der Waals surface area (Å²) < 4.78 is 2.23. The van der Waals surface area contributed by atoms with Crippen molar-refractivity contribution in [3.05, 3.63) is 48.0 Å². The molecule has 1 aromatic heterocycles. The highest BCUT2D eigenvalue weighted by Gasteiger charge is 2.24. The molecule has 0 spiro atoms. The Bertz CT molecular complexity index is 516. The van der Waals surface area contributed by atoms with Gasteiger partial charge in [-0.3, -0.25) is 0 Å². The highest BCUT2D eigenvalue weighted by atomic mass is 15.1. The fourth-order valence-electron chi connectivity index (χ4n) is 2.92. The number of hydrogen-bond donors (Lipinski definition) is 1. The third-order valence-electron chi connectivity index (χ3n) is 3.80. The van der Waals surface area contributed by atoms with E-state index in [0.29, 0.717) is 5.92 Å². The fraction of sp³-hybridized carbons (Fsp3) is 0.400. The van der Waals surface area contributed by atoms with Crippen LogP contribution in [0.1, 0.15) is 36.6 Å². The van der Waals surface area contributed by atoms with Crippen molar-refractivity contribution in [1.29, 1.82) is 0 Å². The molecule has 0 aliphatic heterocycles. The lowest BCUT2D eigenvalue weighted by molar-refractivity contribution is 0.510. The second kappa shape index (κ2) is 4.94. The molecule has 0 fully saturated rings. The second-order valence-electron chi connectivity index (χ2n) is 4.95. The zero-order valence-corrected chi connectivity index (χ0v) is 10.5. The summed E-state index contributed by atoms with van der Waals surface area (Å²) in [6.07, 6.45) is 6.63. The first-order valence-corrected chi connectivity index (χ1v) is 6.71. The molecule has 1 aliphatic carbocycles. The summed E-state index contributed by atoms with van der Waals surface area (Å²) in [4.78, 5) is 4.64. The summed E-state index contributed by atoms with van der Waals surface area (Å²) in [6, 6.07) is 10.5. The molecule has 3 heteroatoms. The van der Waals surface area contributed by atoms with Gasteiger partial charge in [0.15, 0.2) is 0 Å². The third-order valence-corrected chi connectivity index (χ3v) is 3.80. The molecule has 1 unspecified atom stereocenters. The average molecular weight is 241 g/mol. The number of hydrogen-bond acceptors (Lipinski definition) is 2. The van der Waals surface area contributed by atoms with Crippen LogP contribution in [-0.4, -0.2) is 16.1 Å².